The molecule has 8 heteroatoms. The van der Waals surface area contributed by atoms with Crippen molar-refractivity contribution in [1.29, 1.82) is 0 Å². The Morgan fingerprint density at radius 2 is 1.55 bits per heavy atom. The summed E-state index contributed by atoms with van der Waals surface area (Å²) in [7, 11) is 0. The van der Waals surface area contributed by atoms with Crippen molar-refractivity contribution in [3.8, 4) is 11.5 Å². The third-order valence-corrected chi connectivity index (χ3v) is 5.76. The lowest BCUT2D eigenvalue weighted by atomic mass is 10.0. The van der Waals surface area contributed by atoms with Gasteiger partial charge in [0.2, 0.25) is 0 Å². The Kier molecular flexibility index (Phi) is 5.76. The molecule has 3 N–H and O–H groups in total. The van der Waals surface area contributed by atoms with Crippen LogP contribution in [0.1, 0.15) is 38.3 Å². The molecule has 31 heavy (non-hydrogen) atoms. The van der Waals surface area contributed by atoms with Gasteiger partial charge in [-0.15, -0.1) is 0 Å². The number of halogens is 2. The maximum atomic E-state index is 11.6. The molecule has 0 spiro atoms. The Balaban J connectivity index is 1.52. The molecule has 3 aromatic carbocycles. The molecule has 1 heterocycles. The van der Waals surface area contributed by atoms with Crippen LogP contribution >= 0.6 is 23.2 Å². The molecular weight excluding hydrogens is 441 g/mol. The average Bonchev–Trinajstić information content (AvgIpc) is 2.73. The largest absolute Gasteiger partial charge is 0.478 e. The van der Waals surface area contributed by atoms with E-state index in [0.717, 1.165) is 36.5 Å². The first-order valence-electron chi connectivity index (χ1n) is 9.48. The van der Waals surface area contributed by atoms with Gasteiger partial charge in [0.25, 0.3) is 0 Å². The number of anilines is 2. The summed E-state index contributed by atoms with van der Waals surface area (Å²) in [5.41, 5.74) is 2.67. The Morgan fingerprint density at radius 3 is 2.23 bits per heavy atom. The normalized spacial score (nSPS) is 11.7. The van der Waals surface area contributed by atoms with E-state index in [0.29, 0.717) is 21.5 Å². The zero-order valence-corrected chi connectivity index (χ0v) is 17.6. The SMILES string of the molecule is O=C(O)c1cc2c(c(C(=O)O)c1)Nc1ccc(CCCc3ccc(Cl)c(Cl)c3)cc1O2. The van der Waals surface area contributed by atoms with Crippen LogP contribution in [0.4, 0.5) is 11.4 Å². The predicted octanol–water partition coefficient (Wildman–Crippen LogP) is 6.41. The van der Waals surface area contributed by atoms with Crippen molar-refractivity contribution in [3.63, 3.8) is 0 Å². The monoisotopic (exact) mass is 457 g/mol. The van der Waals surface area contributed by atoms with Gasteiger partial charge in [-0.05, 0) is 66.8 Å². The summed E-state index contributed by atoms with van der Waals surface area (Å²) in [6.45, 7) is 0. The van der Waals surface area contributed by atoms with E-state index in [2.05, 4.69) is 5.32 Å². The minimum absolute atomic E-state index is 0.154. The molecule has 158 valence electrons. The molecule has 6 nitrogen and oxygen atoms in total. The van der Waals surface area contributed by atoms with Crippen LogP contribution in [0.15, 0.2) is 48.5 Å². The maximum Gasteiger partial charge on any atom is 0.337 e. The first-order valence-corrected chi connectivity index (χ1v) is 10.2. The van der Waals surface area contributed by atoms with Gasteiger partial charge in [0, 0.05) is 0 Å². The van der Waals surface area contributed by atoms with Crippen LogP contribution in [0, 0.1) is 0 Å². The van der Waals surface area contributed by atoms with Crippen LogP contribution in [-0.2, 0) is 12.8 Å². The zero-order valence-electron chi connectivity index (χ0n) is 16.1. The van der Waals surface area contributed by atoms with Crippen LogP contribution in [0.3, 0.4) is 0 Å². The molecule has 1 aliphatic rings. The topological polar surface area (TPSA) is 95.9 Å². The van der Waals surface area contributed by atoms with Crippen molar-refractivity contribution in [2.24, 2.45) is 0 Å². The second-order valence-corrected chi connectivity index (χ2v) is 7.98. The highest BCUT2D eigenvalue weighted by atomic mass is 35.5. The first kappa shape index (κ1) is 21.0. The number of benzene rings is 3. The fraction of sp³-hybridized carbons (Fsp3) is 0.130. The maximum absolute atomic E-state index is 11.6. The fourth-order valence-corrected chi connectivity index (χ4v) is 3.79. The van der Waals surface area contributed by atoms with Gasteiger partial charge in [-0.1, -0.05) is 35.3 Å². The molecule has 0 aromatic heterocycles. The summed E-state index contributed by atoms with van der Waals surface area (Å²) in [5, 5.41) is 22.8. The first-order chi connectivity index (χ1) is 14.8. The Bertz CT molecular complexity index is 1210. The van der Waals surface area contributed by atoms with E-state index >= 15 is 0 Å². The summed E-state index contributed by atoms with van der Waals surface area (Å²) in [6.07, 6.45) is 2.51. The van der Waals surface area contributed by atoms with E-state index in [1.807, 2.05) is 30.3 Å². The molecule has 3 aromatic rings. The van der Waals surface area contributed by atoms with Gasteiger partial charge in [-0.25, -0.2) is 9.59 Å². The van der Waals surface area contributed by atoms with Gasteiger partial charge in [-0.3, -0.25) is 0 Å². The van der Waals surface area contributed by atoms with E-state index < -0.39 is 11.9 Å². The van der Waals surface area contributed by atoms with Crippen molar-refractivity contribution in [3.05, 3.63) is 80.8 Å². The second-order valence-electron chi connectivity index (χ2n) is 7.17. The van der Waals surface area contributed by atoms with Crippen LogP contribution in [0.5, 0.6) is 11.5 Å². The third kappa shape index (κ3) is 4.45. The van der Waals surface area contributed by atoms with E-state index in [1.54, 1.807) is 6.07 Å². The molecular formula is C23H17Cl2NO5. The molecule has 0 bridgehead atoms. The minimum atomic E-state index is -1.24. The predicted molar refractivity (Wildman–Crippen MR) is 119 cm³/mol. The number of hydrogen-bond acceptors (Lipinski definition) is 4. The van der Waals surface area contributed by atoms with E-state index in [1.165, 1.54) is 6.07 Å². The lowest BCUT2D eigenvalue weighted by molar-refractivity contribution is 0.0696. The van der Waals surface area contributed by atoms with Crippen molar-refractivity contribution in [2.75, 3.05) is 5.32 Å². The van der Waals surface area contributed by atoms with Crippen LogP contribution in [0.2, 0.25) is 10.0 Å². The van der Waals surface area contributed by atoms with Gasteiger partial charge in [0.05, 0.1) is 32.5 Å². The molecule has 0 unspecified atom stereocenters. The van der Waals surface area contributed by atoms with Crippen molar-refractivity contribution in [1.82, 2.24) is 0 Å². The number of aryl methyl sites for hydroxylation is 2. The number of carbonyl (C=O) groups is 2. The lowest BCUT2D eigenvalue weighted by Gasteiger charge is -2.24. The molecule has 0 aliphatic carbocycles. The molecule has 0 amide bonds. The molecule has 0 radical (unpaired) electrons. The number of carboxylic acids is 2. The van der Waals surface area contributed by atoms with Crippen molar-refractivity contribution >= 4 is 46.5 Å². The Labute approximate surface area is 188 Å². The van der Waals surface area contributed by atoms with Gasteiger partial charge in [0.1, 0.15) is 0 Å². The molecule has 0 fully saturated rings. The van der Waals surface area contributed by atoms with E-state index in [9.17, 15) is 19.8 Å². The van der Waals surface area contributed by atoms with Crippen LogP contribution in [-0.4, -0.2) is 22.2 Å². The highest BCUT2D eigenvalue weighted by molar-refractivity contribution is 6.42. The van der Waals surface area contributed by atoms with E-state index in [-0.39, 0.29) is 22.6 Å². The zero-order chi connectivity index (χ0) is 22.1. The Hall–Kier alpha value is -3.22. The van der Waals surface area contributed by atoms with Crippen molar-refractivity contribution < 1.29 is 24.5 Å². The highest BCUT2D eigenvalue weighted by Gasteiger charge is 2.25. The molecule has 4 rings (SSSR count). The molecule has 1 aliphatic heterocycles. The Morgan fingerprint density at radius 1 is 0.839 bits per heavy atom. The number of ether oxygens (including phenoxy) is 1. The lowest BCUT2D eigenvalue weighted by Crippen LogP contribution is -2.11. The van der Waals surface area contributed by atoms with E-state index in [4.69, 9.17) is 27.9 Å². The van der Waals surface area contributed by atoms with Crippen LogP contribution in [0.25, 0.3) is 0 Å². The smallest absolute Gasteiger partial charge is 0.337 e. The van der Waals surface area contributed by atoms with Crippen LogP contribution < -0.4 is 10.1 Å². The number of carboxylic acid groups (broad SMARTS) is 2. The summed E-state index contributed by atoms with van der Waals surface area (Å²) >= 11 is 12.0. The average molecular weight is 458 g/mol. The highest BCUT2D eigenvalue weighted by Crippen LogP contribution is 2.44. The van der Waals surface area contributed by atoms with Gasteiger partial charge in [-0.2, -0.15) is 0 Å². The third-order valence-electron chi connectivity index (χ3n) is 5.02. The number of hydrogen-bond donors (Lipinski definition) is 3. The fourth-order valence-electron chi connectivity index (χ4n) is 3.47. The van der Waals surface area contributed by atoms with Gasteiger partial charge in [0.15, 0.2) is 11.5 Å². The standard InChI is InChI=1S/C23H17Cl2NO5/c24-16-6-4-12(8-17(16)25)2-1-3-13-5-7-18-19(9-13)31-20-11-14(22(27)28)10-15(23(29)30)21(20)26-18/h4-11,26H,1-3H2,(H,27,28)(H,29,30). The summed E-state index contributed by atoms with van der Waals surface area (Å²) < 4.78 is 5.87. The summed E-state index contributed by atoms with van der Waals surface area (Å²) in [6, 6.07) is 13.7. The minimum Gasteiger partial charge on any atom is -0.478 e. The number of nitrogens with one attached hydrogen (secondary N) is 1. The van der Waals surface area contributed by atoms with Gasteiger partial charge >= 0.3 is 11.9 Å². The number of rotatable bonds is 6. The molecule has 0 atom stereocenters. The quantitative estimate of drug-likeness (QED) is 0.309. The summed E-state index contributed by atoms with van der Waals surface area (Å²) in [5.74, 6) is -1.79. The summed E-state index contributed by atoms with van der Waals surface area (Å²) in [4.78, 5) is 22.9. The molecule has 0 saturated carbocycles. The second kappa shape index (κ2) is 8.49. The van der Waals surface area contributed by atoms with Gasteiger partial charge < -0.3 is 20.3 Å². The number of aromatic carboxylic acids is 2. The number of fused-ring (bicyclic) bond motifs is 2. The molecule has 0 saturated heterocycles. The van der Waals surface area contributed by atoms with Crippen molar-refractivity contribution in [2.45, 2.75) is 19.3 Å².